The number of hydrogen-bond acceptors (Lipinski definition) is 4. The molecule has 1 aliphatic rings. The Bertz CT molecular complexity index is 434. The van der Waals surface area contributed by atoms with Crippen molar-refractivity contribution in [2.75, 3.05) is 13.2 Å². The van der Waals surface area contributed by atoms with Gasteiger partial charge in [-0.15, -0.1) is 0 Å². The van der Waals surface area contributed by atoms with Crippen LogP contribution >= 0.6 is 0 Å². The van der Waals surface area contributed by atoms with Gasteiger partial charge < -0.3 is 15.3 Å². The Balaban J connectivity index is 2.16. The summed E-state index contributed by atoms with van der Waals surface area (Å²) >= 11 is 0. The molecule has 1 atom stereocenters. The van der Waals surface area contributed by atoms with Gasteiger partial charge in [0.05, 0.1) is 11.6 Å². The van der Waals surface area contributed by atoms with Crippen LogP contribution in [0.15, 0.2) is 24.5 Å². The smallest absolute Gasteiger partial charge is 0.240 e. The van der Waals surface area contributed by atoms with Crippen LogP contribution in [0.2, 0.25) is 0 Å². The Kier molecular flexibility index (Phi) is 4.17. The number of nitrogens with one attached hydrogen (secondary N) is 1. The van der Waals surface area contributed by atoms with E-state index in [1.54, 1.807) is 12.4 Å². The number of nitrogens with zero attached hydrogens (tertiary/aromatic N) is 2. The van der Waals surface area contributed by atoms with Crippen LogP contribution in [0.25, 0.3) is 0 Å². The SMILES string of the molecule is CC1(C)CNC(CCO)C(=O)N1Cc1cccnc1. The Morgan fingerprint density at radius 1 is 1.58 bits per heavy atom. The number of aliphatic hydroxyl groups excluding tert-OH is 1. The number of pyridine rings is 1. The van der Waals surface area contributed by atoms with E-state index >= 15 is 0 Å². The van der Waals surface area contributed by atoms with E-state index in [-0.39, 0.29) is 24.1 Å². The van der Waals surface area contributed by atoms with E-state index in [0.29, 0.717) is 13.0 Å². The first-order chi connectivity index (χ1) is 9.04. The van der Waals surface area contributed by atoms with Crippen LogP contribution in [0.5, 0.6) is 0 Å². The molecule has 1 unspecified atom stereocenters. The molecule has 0 saturated carbocycles. The molecule has 0 aliphatic carbocycles. The Hall–Kier alpha value is -1.46. The van der Waals surface area contributed by atoms with Crippen LogP contribution in [0, 0.1) is 0 Å². The van der Waals surface area contributed by atoms with Gasteiger partial charge in [-0.1, -0.05) is 6.07 Å². The number of hydrogen-bond donors (Lipinski definition) is 2. The maximum atomic E-state index is 12.5. The van der Waals surface area contributed by atoms with Gasteiger partial charge in [-0.2, -0.15) is 0 Å². The zero-order valence-electron chi connectivity index (χ0n) is 11.5. The summed E-state index contributed by atoms with van der Waals surface area (Å²) in [5, 5.41) is 12.2. The molecule has 1 amide bonds. The summed E-state index contributed by atoms with van der Waals surface area (Å²) in [6, 6.07) is 3.56. The van der Waals surface area contributed by atoms with Gasteiger partial charge in [-0.3, -0.25) is 9.78 Å². The highest BCUT2D eigenvalue weighted by atomic mass is 16.3. The van der Waals surface area contributed by atoms with E-state index in [9.17, 15) is 4.79 Å². The first-order valence-electron chi connectivity index (χ1n) is 6.59. The predicted molar refractivity (Wildman–Crippen MR) is 72.4 cm³/mol. The van der Waals surface area contributed by atoms with E-state index in [2.05, 4.69) is 10.3 Å². The van der Waals surface area contributed by atoms with Crippen molar-refractivity contribution in [3.8, 4) is 0 Å². The zero-order chi connectivity index (χ0) is 13.9. The minimum absolute atomic E-state index is 0.0184. The summed E-state index contributed by atoms with van der Waals surface area (Å²) in [6.07, 6.45) is 3.97. The van der Waals surface area contributed by atoms with Crippen molar-refractivity contribution in [1.29, 1.82) is 0 Å². The molecular formula is C14H21N3O2. The lowest BCUT2D eigenvalue weighted by atomic mass is 9.95. The third kappa shape index (κ3) is 3.11. The number of carbonyl (C=O) groups is 1. The van der Waals surface area contributed by atoms with Crippen molar-refractivity contribution in [1.82, 2.24) is 15.2 Å². The summed E-state index contributed by atoms with van der Waals surface area (Å²) in [6.45, 7) is 5.39. The van der Waals surface area contributed by atoms with E-state index in [1.165, 1.54) is 0 Å². The molecule has 1 saturated heterocycles. The average Bonchev–Trinajstić information content (AvgIpc) is 2.40. The van der Waals surface area contributed by atoms with E-state index < -0.39 is 0 Å². The maximum Gasteiger partial charge on any atom is 0.240 e. The lowest BCUT2D eigenvalue weighted by Gasteiger charge is -2.45. The fourth-order valence-electron chi connectivity index (χ4n) is 2.36. The number of rotatable bonds is 4. The first kappa shape index (κ1) is 14.0. The summed E-state index contributed by atoms with van der Waals surface area (Å²) in [7, 11) is 0. The number of carbonyl (C=O) groups excluding carboxylic acids is 1. The van der Waals surface area contributed by atoms with Crippen LogP contribution < -0.4 is 5.32 Å². The molecule has 0 spiro atoms. The van der Waals surface area contributed by atoms with Gasteiger partial charge in [0.25, 0.3) is 0 Å². The Morgan fingerprint density at radius 2 is 2.37 bits per heavy atom. The molecule has 2 N–H and O–H groups in total. The van der Waals surface area contributed by atoms with Crippen molar-refractivity contribution in [2.24, 2.45) is 0 Å². The maximum absolute atomic E-state index is 12.5. The van der Waals surface area contributed by atoms with E-state index in [1.807, 2.05) is 30.9 Å². The first-order valence-corrected chi connectivity index (χ1v) is 6.59. The fourth-order valence-corrected chi connectivity index (χ4v) is 2.36. The van der Waals surface area contributed by atoms with Crippen molar-refractivity contribution in [3.05, 3.63) is 30.1 Å². The van der Waals surface area contributed by atoms with E-state index in [0.717, 1.165) is 12.1 Å². The lowest BCUT2D eigenvalue weighted by Crippen LogP contribution is -2.64. The molecule has 19 heavy (non-hydrogen) atoms. The Labute approximate surface area is 113 Å². The zero-order valence-corrected chi connectivity index (χ0v) is 11.5. The average molecular weight is 263 g/mol. The van der Waals surface area contributed by atoms with Gasteiger partial charge in [0, 0.05) is 32.1 Å². The second-order valence-electron chi connectivity index (χ2n) is 5.54. The van der Waals surface area contributed by atoms with Crippen LogP contribution in [0.1, 0.15) is 25.8 Å². The van der Waals surface area contributed by atoms with Gasteiger partial charge >= 0.3 is 0 Å². The summed E-state index contributed by atoms with van der Waals surface area (Å²) in [5.74, 6) is 0.0501. The molecule has 5 nitrogen and oxygen atoms in total. The number of aromatic nitrogens is 1. The topological polar surface area (TPSA) is 65.5 Å². The molecule has 2 rings (SSSR count). The highest BCUT2D eigenvalue weighted by Crippen LogP contribution is 2.23. The van der Waals surface area contributed by atoms with Gasteiger partial charge in [0.15, 0.2) is 0 Å². The second kappa shape index (κ2) is 5.67. The fraction of sp³-hybridized carbons (Fsp3) is 0.571. The Morgan fingerprint density at radius 3 is 3.00 bits per heavy atom. The van der Waals surface area contributed by atoms with Gasteiger partial charge in [0.2, 0.25) is 5.91 Å². The van der Waals surface area contributed by atoms with Crippen LogP contribution in [0.4, 0.5) is 0 Å². The van der Waals surface area contributed by atoms with Crippen molar-refractivity contribution in [2.45, 2.75) is 38.4 Å². The molecular weight excluding hydrogens is 242 g/mol. The summed E-state index contributed by atoms with van der Waals surface area (Å²) < 4.78 is 0. The summed E-state index contributed by atoms with van der Waals surface area (Å²) in [4.78, 5) is 18.4. The minimum Gasteiger partial charge on any atom is -0.396 e. The molecule has 0 aromatic carbocycles. The molecule has 1 fully saturated rings. The van der Waals surface area contributed by atoms with Crippen LogP contribution in [-0.4, -0.2) is 45.6 Å². The van der Waals surface area contributed by atoms with Crippen LogP contribution in [0.3, 0.4) is 0 Å². The standard InChI is InChI=1S/C14H21N3O2/c1-14(2)10-16-12(5-7-18)13(19)17(14)9-11-4-3-6-15-8-11/h3-4,6,8,12,16,18H,5,7,9-10H2,1-2H3. The molecule has 1 aromatic heterocycles. The highest BCUT2D eigenvalue weighted by Gasteiger charge is 2.39. The van der Waals surface area contributed by atoms with Gasteiger partial charge in [0.1, 0.15) is 0 Å². The van der Waals surface area contributed by atoms with E-state index in [4.69, 9.17) is 5.11 Å². The normalized spacial score (nSPS) is 22.6. The summed E-state index contributed by atoms with van der Waals surface area (Å²) in [5.41, 5.74) is 0.785. The van der Waals surface area contributed by atoms with Crippen molar-refractivity contribution in [3.63, 3.8) is 0 Å². The molecule has 5 heteroatoms. The molecule has 0 bridgehead atoms. The quantitative estimate of drug-likeness (QED) is 0.832. The number of aliphatic hydroxyl groups is 1. The van der Waals surface area contributed by atoms with Crippen LogP contribution in [-0.2, 0) is 11.3 Å². The third-order valence-corrected chi connectivity index (χ3v) is 3.56. The number of piperazine rings is 1. The largest absolute Gasteiger partial charge is 0.396 e. The van der Waals surface area contributed by atoms with Crippen molar-refractivity contribution < 1.29 is 9.90 Å². The third-order valence-electron chi connectivity index (χ3n) is 3.56. The predicted octanol–water partition coefficient (Wildman–Crippen LogP) is 0.543. The molecule has 104 valence electrons. The molecule has 2 heterocycles. The van der Waals surface area contributed by atoms with Crippen molar-refractivity contribution >= 4 is 5.91 Å². The molecule has 1 aliphatic heterocycles. The van der Waals surface area contributed by atoms with Gasteiger partial charge in [-0.05, 0) is 31.9 Å². The molecule has 1 aromatic rings. The highest BCUT2D eigenvalue weighted by molar-refractivity contribution is 5.83. The monoisotopic (exact) mass is 263 g/mol. The lowest BCUT2D eigenvalue weighted by molar-refractivity contribution is -0.144. The molecule has 0 radical (unpaired) electrons. The second-order valence-corrected chi connectivity index (χ2v) is 5.54. The number of amides is 1. The minimum atomic E-state index is -0.283. The van der Waals surface area contributed by atoms with Gasteiger partial charge in [-0.25, -0.2) is 0 Å².